The summed E-state index contributed by atoms with van der Waals surface area (Å²) >= 11 is 5.77. The number of aliphatic carboxylic acids is 1. The number of hydrogen-bond acceptors (Lipinski definition) is 5. The first-order valence-electron chi connectivity index (χ1n) is 14.0. The van der Waals surface area contributed by atoms with Crippen LogP contribution in [0.5, 0.6) is 0 Å². The summed E-state index contributed by atoms with van der Waals surface area (Å²) in [4.78, 5) is 48.8. The number of aliphatic imine (C=N–C) groups is 2. The van der Waals surface area contributed by atoms with E-state index in [4.69, 9.17) is 16.7 Å². The summed E-state index contributed by atoms with van der Waals surface area (Å²) < 4.78 is 0. The Morgan fingerprint density at radius 3 is 2.32 bits per heavy atom. The maximum atomic E-state index is 13.1. The van der Waals surface area contributed by atoms with Crippen molar-refractivity contribution in [3.8, 4) is 0 Å². The third-order valence-corrected chi connectivity index (χ3v) is 7.20. The molecule has 0 radical (unpaired) electrons. The van der Waals surface area contributed by atoms with E-state index in [-0.39, 0.29) is 23.7 Å². The van der Waals surface area contributed by atoms with E-state index >= 15 is 0 Å². The molecule has 41 heavy (non-hydrogen) atoms. The number of amides is 2. The van der Waals surface area contributed by atoms with Crippen molar-refractivity contribution >= 4 is 41.8 Å². The van der Waals surface area contributed by atoms with Crippen LogP contribution in [0.4, 0.5) is 0 Å². The van der Waals surface area contributed by atoms with E-state index in [0.717, 1.165) is 24.8 Å². The van der Waals surface area contributed by atoms with Crippen LogP contribution >= 0.6 is 11.6 Å². The second-order valence-corrected chi connectivity index (χ2v) is 10.4. The number of carboxylic acid groups (broad SMARTS) is 1. The van der Waals surface area contributed by atoms with Crippen molar-refractivity contribution in [2.24, 2.45) is 15.4 Å². The van der Waals surface area contributed by atoms with Crippen molar-refractivity contribution in [2.45, 2.75) is 58.3 Å². The average Bonchev–Trinajstić information content (AvgIpc) is 2.95. The lowest BCUT2D eigenvalue weighted by Gasteiger charge is -2.41. The molecule has 0 aliphatic carbocycles. The van der Waals surface area contributed by atoms with Crippen LogP contribution in [0.15, 0.2) is 82.6 Å². The van der Waals surface area contributed by atoms with Gasteiger partial charge in [0.05, 0.1) is 11.4 Å². The van der Waals surface area contributed by atoms with E-state index in [9.17, 15) is 14.4 Å². The molecule has 0 aromatic carbocycles. The molecule has 9 heteroatoms. The molecule has 1 N–H and O–H groups in total. The zero-order valence-corrected chi connectivity index (χ0v) is 25.5. The van der Waals surface area contributed by atoms with Crippen LogP contribution in [0.25, 0.3) is 0 Å². The number of unbranched alkanes of at least 4 members (excludes halogenated alkanes) is 2. The van der Waals surface area contributed by atoms with Crippen molar-refractivity contribution < 1.29 is 19.5 Å². The normalized spacial score (nSPS) is 16.5. The lowest BCUT2D eigenvalue weighted by Crippen LogP contribution is -2.44. The second kappa shape index (κ2) is 19.5. The van der Waals surface area contributed by atoms with Gasteiger partial charge in [0.15, 0.2) is 0 Å². The van der Waals surface area contributed by atoms with Crippen LogP contribution in [0.2, 0.25) is 0 Å². The van der Waals surface area contributed by atoms with Gasteiger partial charge in [-0.15, -0.1) is 11.6 Å². The first-order valence-corrected chi connectivity index (χ1v) is 14.5. The molecule has 1 fully saturated rings. The fourth-order valence-electron chi connectivity index (χ4n) is 4.29. The van der Waals surface area contributed by atoms with E-state index in [1.807, 2.05) is 6.08 Å². The van der Waals surface area contributed by atoms with Gasteiger partial charge in [0.1, 0.15) is 0 Å². The molecule has 1 heterocycles. The van der Waals surface area contributed by atoms with Crippen molar-refractivity contribution in [3.63, 3.8) is 0 Å². The van der Waals surface area contributed by atoms with Gasteiger partial charge in [-0.3, -0.25) is 24.4 Å². The summed E-state index contributed by atoms with van der Waals surface area (Å²) in [5, 5.41) is 8.84. The molecular formula is C32H45ClN4O4. The molecule has 0 atom stereocenters. The van der Waals surface area contributed by atoms with Crippen molar-refractivity contribution in [3.05, 3.63) is 72.7 Å². The second-order valence-electron chi connectivity index (χ2n) is 10.1. The molecule has 1 aliphatic rings. The van der Waals surface area contributed by atoms with Gasteiger partial charge in [-0.1, -0.05) is 44.4 Å². The Labute approximate surface area is 250 Å². The Kier molecular flexibility index (Phi) is 16.9. The van der Waals surface area contributed by atoms with Gasteiger partial charge in [-0.05, 0) is 61.7 Å². The summed E-state index contributed by atoms with van der Waals surface area (Å²) in [5.74, 6) is -0.482. The molecule has 224 valence electrons. The quantitative estimate of drug-likeness (QED) is 0.0730. The number of hydrogen-bond donors (Lipinski definition) is 1. The average molecular weight is 585 g/mol. The Hall–Kier alpha value is -3.52. The summed E-state index contributed by atoms with van der Waals surface area (Å²) in [6.07, 6.45) is 19.9. The molecule has 1 saturated heterocycles. The van der Waals surface area contributed by atoms with E-state index < -0.39 is 5.97 Å². The van der Waals surface area contributed by atoms with E-state index in [1.54, 1.807) is 66.7 Å². The van der Waals surface area contributed by atoms with Crippen molar-refractivity contribution in [2.75, 3.05) is 33.1 Å². The predicted octanol–water partition coefficient (Wildman–Crippen LogP) is 6.13. The standard InChI is InChI=1S/C32H45ClN4O4/c1-6-13-26(14-12-20-33)25-35-27(7-2)28(34-21-11-9-10-15-31(40)41)16-17-29(38)37-22-18-32(8-3,19-23-37)24-30(39)36(4)5/h6-7,12-14,16-17,21,25H,1-2,8-11,15,18-20,22-24H2,3-5H3,(H,40,41)/b14-12-,17-16+,26-13+,28-27-,34-21?,35-25+. The zero-order chi connectivity index (χ0) is 30.7. The topological polar surface area (TPSA) is 103 Å². The molecular weight excluding hydrogens is 540 g/mol. The molecule has 1 rings (SSSR count). The highest BCUT2D eigenvalue weighted by atomic mass is 35.5. The number of piperidine rings is 1. The molecule has 0 spiro atoms. The number of alkyl halides is 1. The maximum absolute atomic E-state index is 13.1. The third-order valence-electron chi connectivity index (χ3n) is 7.02. The minimum Gasteiger partial charge on any atom is -0.481 e. The number of nitrogens with zero attached hydrogens (tertiary/aromatic N) is 4. The summed E-state index contributed by atoms with van der Waals surface area (Å²) in [7, 11) is 3.54. The van der Waals surface area contributed by atoms with Gasteiger partial charge in [-0.2, -0.15) is 0 Å². The minimum absolute atomic E-state index is 0.0862. The van der Waals surface area contributed by atoms with Gasteiger partial charge >= 0.3 is 5.97 Å². The monoisotopic (exact) mass is 584 g/mol. The van der Waals surface area contributed by atoms with Gasteiger partial charge in [0.25, 0.3) is 0 Å². The molecule has 0 aromatic rings. The molecule has 2 amide bonds. The molecule has 0 saturated carbocycles. The Bertz CT molecular complexity index is 1090. The largest absolute Gasteiger partial charge is 0.481 e. The predicted molar refractivity (Wildman–Crippen MR) is 169 cm³/mol. The SMILES string of the molecule is C=C/C=C(\C=C/CCl)/C=N/C(C=C)=C(/C=C/C(=O)N1CCC(CC)(CC(=O)N(C)C)CC1)N=CCCCCC(=O)O. The lowest BCUT2D eigenvalue weighted by atomic mass is 9.73. The zero-order valence-electron chi connectivity index (χ0n) is 24.7. The van der Waals surface area contributed by atoms with Gasteiger partial charge in [0.2, 0.25) is 11.8 Å². The van der Waals surface area contributed by atoms with Crippen LogP contribution in [-0.2, 0) is 14.4 Å². The smallest absolute Gasteiger partial charge is 0.303 e. The number of carbonyl (C=O) groups excluding carboxylic acids is 2. The van der Waals surface area contributed by atoms with Gasteiger partial charge < -0.3 is 14.9 Å². The first kappa shape index (κ1) is 35.5. The fraction of sp³-hybridized carbons (Fsp3) is 0.469. The number of likely N-dealkylation sites (tertiary alicyclic amines) is 1. The van der Waals surface area contributed by atoms with Crippen molar-refractivity contribution in [1.82, 2.24) is 9.80 Å². The number of halogens is 1. The van der Waals surface area contributed by atoms with E-state index in [0.29, 0.717) is 56.0 Å². The lowest BCUT2D eigenvalue weighted by molar-refractivity contribution is -0.137. The maximum Gasteiger partial charge on any atom is 0.303 e. The highest BCUT2D eigenvalue weighted by Gasteiger charge is 2.36. The summed E-state index contributed by atoms with van der Waals surface area (Å²) in [6.45, 7) is 10.9. The number of rotatable bonds is 17. The molecule has 8 nitrogen and oxygen atoms in total. The first-order chi connectivity index (χ1) is 19.6. The number of allylic oxidation sites excluding steroid dienone is 7. The Morgan fingerprint density at radius 1 is 1.05 bits per heavy atom. The van der Waals surface area contributed by atoms with Gasteiger partial charge in [0, 0.05) is 64.4 Å². The number of carbonyl (C=O) groups is 3. The van der Waals surface area contributed by atoms with Gasteiger partial charge in [-0.25, -0.2) is 0 Å². The van der Waals surface area contributed by atoms with Crippen LogP contribution in [0.1, 0.15) is 58.3 Å². The Morgan fingerprint density at radius 2 is 1.76 bits per heavy atom. The molecule has 1 aliphatic heterocycles. The fourth-order valence-corrected chi connectivity index (χ4v) is 4.38. The summed E-state index contributed by atoms with van der Waals surface area (Å²) in [6, 6.07) is 0. The number of carboxylic acids is 1. The highest BCUT2D eigenvalue weighted by Crippen LogP contribution is 2.38. The van der Waals surface area contributed by atoms with E-state index in [1.165, 1.54) is 6.08 Å². The Balaban J connectivity index is 3.14. The van der Waals surface area contributed by atoms with Crippen molar-refractivity contribution in [1.29, 1.82) is 0 Å². The van der Waals surface area contributed by atoms with E-state index in [2.05, 4.69) is 30.1 Å². The third kappa shape index (κ3) is 13.6. The highest BCUT2D eigenvalue weighted by molar-refractivity contribution is 6.19. The molecule has 0 aromatic heterocycles. The van der Waals surface area contributed by atoms with Crippen LogP contribution in [-0.4, -0.2) is 78.2 Å². The molecule has 0 unspecified atom stereocenters. The van der Waals surface area contributed by atoms with Crippen LogP contribution in [0.3, 0.4) is 0 Å². The summed E-state index contributed by atoms with van der Waals surface area (Å²) in [5.41, 5.74) is 1.61. The van der Waals surface area contributed by atoms with Crippen LogP contribution < -0.4 is 0 Å². The minimum atomic E-state index is -0.822. The van der Waals surface area contributed by atoms with Crippen LogP contribution in [0, 0.1) is 5.41 Å². The molecule has 0 bridgehead atoms.